The van der Waals surface area contributed by atoms with Crippen LogP contribution in [0.1, 0.15) is 19.2 Å². The van der Waals surface area contributed by atoms with E-state index in [4.69, 9.17) is 4.74 Å². The fraction of sp³-hybridized carbons (Fsp3) is 0.588. The lowest BCUT2D eigenvalue weighted by Gasteiger charge is -2.26. The van der Waals surface area contributed by atoms with Gasteiger partial charge in [-0.25, -0.2) is 14.8 Å². The molecule has 0 N–H and O–H groups in total. The number of aromatic nitrogens is 4. The van der Waals surface area contributed by atoms with Crippen molar-refractivity contribution >= 4 is 28.7 Å². The zero-order chi connectivity index (χ0) is 19.6. The van der Waals surface area contributed by atoms with Crippen molar-refractivity contribution < 1.29 is 9.53 Å². The normalized spacial score (nSPS) is 14.7. The van der Waals surface area contributed by atoms with Crippen LogP contribution in [0.2, 0.25) is 0 Å². The molecule has 2 aromatic rings. The Morgan fingerprint density at radius 3 is 2.52 bits per heavy atom. The van der Waals surface area contributed by atoms with E-state index >= 15 is 0 Å². The molecular weight excluding hydrogens is 370 g/mol. The highest BCUT2D eigenvalue weighted by molar-refractivity contribution is 8.00. The number of ether oxygens (including phenoxy) is 1. The average molecular weight is 393 g/mol. The van der Waals surface area contributed by atoms with Crippen molar-refractivity contribution in [1.29, 1.82) is 0 Å². The van der Waals surface area contributed by atoms with Crippen LogP contribution >= 0.6 is 11.8 Å². The molecule has 0 unspecified atom stereocenters. The topological polar surface area (TPSA) is 99.3 Å². The second-order valence-electron chi connectivity index (χ2n) is 6.38. The van der Waals surface area contributed by atoms with Gasteiger partial charge in [0.05, 0.1) is 19.0 Å². The number of rotatable bonds is 5. The highest BCUT2D eigenvalue weighted by Crippen LogP contribution is 2.23. The first-order chi connectivity index (χ1) is 12.9. The Morgan fingerprint density at radius 2 is 1.85 bits per heavy atom. The summed E-state index contributed by atoms with van der Waals surface area (Å²) in [6.07, 6.45) is 1.46. The third-order valence-corrected chi connectivity index (χ3v) is 5.44. The summed E-state index contributed by atoms with van der Waals surface area (Å²) in [4.78, 5) is 48.1. The van der Waals surface area contributed by atoms with Gasteiger partial charge < -0.3 is 9.64 Å². The van der Waals surface area contributed by atoms with Crippen LogP contribution in [-0.4, -0.2) is 62.0 Å². The van der Waals surface area contributed by atoms with Crippen LogP contribution in [0.5, 0.6) is 0 Å². The van der Waals surface area contributed by atoms with Crippen molar-refractivity contribution in [3.8, 4) is 0 Å². The maximum Gasteiger partial charge on any atom is 0.332 e. The molecule has 0 spiro atoms. The second-order valence-corrected chi connectivity index (χ2v) is 7.35. The highest BCUT2D eigenvalue weighted by Gasteiger charge is 2.21. The molecule has 3 heterocycles. The number of nitrogens with zero attached hydrogens (tertiary/aromatic N) is 5. The zero-order valence-corrected chi connectivity index (χ0v) is 16.5. The summed E-state index contributed by atoms with van der Waals surface area (Å²) in [6.45, 7) is 4.22. The predicted octanol–water partition coefficient (Wildman–Crippen LogP) is -0.0694. The largest absolute Gasteiger partial charge is 0.378 e. The molecule has 10 heteroatoms. The Hall–Kier alpha value is -2.20. The number of carbonyl (C=O) groups is 1. The van der Waals surface area contributed by atoms with E-state index in [1.807, 2.05) is 6.92 Å². The average Bonchev–Trinajstić information content (AvgIpc) is 2.69. The Bertz CT molecular complexity index is 978. The van der Waals surface area contributed by atoms with Gasteiger partial charge >= 0.3 is 5.69 Å². The third kappa shape index (κ3) is 3.91. The summed E-state index contributed by atoms with van der Waals surface area (Å²) in [5.74, 6) is 0.715. The molecule has 27 heavy (non-hydrogen) atoms. The summed E-state index contributed by atoms with van der Waals surface area (Å²) in [7, 11) is 3.01. The van der Waals surface area contributed by atoms with Crippen LogP contribution in [0.25, 0.3) is 11.0 Å². The second kappa shape index (κ2) is 8.22. The SMILES string of the molecule is CCCc1nc(SCC(=O)N2CCOCC2)c2c(=O)n(C)c(=O)n(C)c2n1. The highest BCUT2D eigenvalue weighted by atomic mass is 32.2. The third-order valence-electron chi connectivity index (χ3n) is 4.48. The summed E-state index contributed by atoms with van der Waals surface area (Å²) >= 11 is 1.22. The molecule has 0 atom stereocenters. The number of hydrogen-bond acceptors (Lipinski definition) is 7. The molecule has 1 aliphatic heterocycles. The molecule has 3 rings (SSSR count). The molecule has 1 amide bonds. The molecular formula is C17H23N5O4S. The van der Waals surface area contributed by atoms with Crippen LogP contribution in [0.4, 0.5) is 0 Å². The van der Waals surface area contributed by atoms with Crippen molar-refractivity contribution in [3.63, 3.8) is 0 Å². The molecule has 0 aliphatic carbocycles. The lowest BCUT2D eigenvalue weighted by atomic mass is 10.3. The number of aryl methyl sites for hydroxylation is 2. The number of morpholine rings is 1. The van der Waals surface area contributed by atoms with Crippen LogP contribution in [0.15, 0.2) is 14.6 Å². The van der Waals surface area contributed by atoms with Crippen molar-refractivity contribution in [1.82, 2.24) is 24.0 Å². The van der Waals surface area contributed by atoms with Gasteiger partial charge in [0.15, 0.2) is 5.65 Å². The Labute approximate surface area is 160 Å². The number of amides is 1. The van der Waals surface area contributed by atoms with Crippen molar-refractivity contribution in [2.75, 3.05) is 32.1 Å². The number of thioether (sulfide) groups is 1. The van der Waals surface area contributed by atoms with Gasteiger partial charge in [0, 0.05) is 33.6 Å². The molecule has 146 valence electrons. The number of hydrogen-bond donors (Lipinski definition) is 0. The molecule has 2 aromatic heterocycles. The van der Waals surface area contributed by atoms with Crippen molar-refractivity contribution in [2.45, 2.75) is 24.8 Å². The zero-order valence-electron chi connectivity index (χ0n) is 15.7. The van der Waals surface area contributed by atoms with Crippen molar-refractivity contribution in [2.24, 2.45) is 14.1 Å². The molecule has 0 aromatic carbocycles. The van der Waals surface area contributed by atoms with E-state index in [2.05, 4.69) is 9.97 Å². The van der Waals surface area contributed by atoms with Crippen LogP contribution in [0.3, 0.4) is 0 Å². The van der Waals surface area contributed by atoms with Crippen LogP contribution in [0, 0.1) is 0 Å². The first-order valence-corrected chi connectivity index (χ1v) is 9.87. The minimum Gasteiger partial charge on any atom is -0.378 e. The summed E-state index contributed by atoms with van der Waals surface area (Å²) < 4.78 is 7.66. The van der Waals surface area contributed by atoms with E-state index < -0.39 is 11.2 Å². The van der Waals surface area contributed by atoms with Gasteiger partial charge in [-0.05, 0) is 6.42 Å². The van der Waals surface area contributed by atoms with Gasteiger partial charge in [-0.2, -0.15) is 0 Å². The molecule has 0 saturated carbocycles. The standard InChI is InChI=1S/C17H23N5O4S/c1-4-5-11-18-14-13(16(24)21(3)17(25)20(14)2)15(19-11)27-10-12(23)22-6-8-26-9-7-22/h4-10H2,1-3H3. The fourth-order valence-corrected chi connectivity index (χ4v) is 3.88. The van der Waals surface area contributed by atoms with Gasteiger partial charge in [0.2, 0.25) is 5.91 Å². The summed E-state index contributed by atoms with van der Waals surface area (Å²) in [5.41, 5.74) is -0.575. The monoisotopic (exact) mass is 393 g/mol. The molecule has 0 radical (unpaired) electrons. The van der Waals surface area contributed by atoms with E-state index in [1.165, 1.54) is 23.4 Å². The predicted molar refractivity (Wildman–Crippen MR) is 102 cm³/mol. The number of carbonyl (C=O) groups excluding carboxylic acids is 1. The van der Waals surface area contributed by atoms with E-state index in [0.29, 0.717) is 49.2 Å². The Morgan fingerprint density at radius 1 is 1.15 bits per heavy atom. The maximum absolute atomic E-state index is 12.7. The maximum atomic E-state index is 12.7. The van der Waals surface area contributed by atoms with E-state index in [1.54, 1.807) is 11.9 Å². The molecule has 1 saturated heterocycles. The summed E-state index contributed by atoms with van der Waals surface area (Å²) in [5, 5.41) is 0.723. The van der Waals surface area contributed by atoms with Gasteiger partial charge in [0.25, 0.3) is 5.56 Å². The van der Waals surface area contributed by atoms with E-state index in [-0.39, 0.29) is 17.0 Å². The lowest BCUT2D eigenvalue weighted by molar-refractivity contribution is -0.132. The lowest BCUT2D eigenvalue weighted by Crippen LogP contribution is -2.41. The molecule has 1 aliphatic rings. The minimum atomic E-state index is -0.447. The quantitative estimate of drug-likeness (QED) is 0.518. The van der Waals surface area contributed by atoms with Crippen LogP contribution in [-0.2, 0) is 30.0 Å². The minimum absolute atomic E-state index is 0.0197. The van der Waals surface area contributed by atoms with Crippen LogP contribution < -0.4 is 11.2 Å². The van der Waals surface area contributed by atoms with Gasteiger partial charge in [-0.3, -0.25) is 18.7 Å². The summed E-state index contributed by atoms with van der Waals surface area (Å²) in [6, 6.07) is 0. The first kappa shape index (κ1) is 19.6. The smallest absolute Gasteiger partial charge is 0.332 e. The fourth-order valence-electron chi connectivity index (χ4n) is 2.95. The van der Waals surface area contributed by atoms with Gasteiger partial charge in [0.1, 0.15) is 16.2 Å². The Balaban J connectivity index is 2.01. The van der Waals surface area contributed by atoms with Gasteiger partial charge in [-0.1, -0.05) is 18.7 Å². The molecule has 9 nitrogen and oxygen atoms in total. The van der Waals surface area contributed by atoms with Gasteiger partial charge in [-0.15, -0.1) is 0 Å². The van der Waals surface area contributed by atoms with E-state index in [0.717, 1.165) is 11.0 Å². The van der Waals surface area contributed by atoms with Crippen molar-refractivity contribution in [3.05, 3.63) is 26.7 Å². The van der Waals surface area contributed by atoms with E-state index in [9.17, 15) is 14.4 Å². The molecule has 1 fully saturated rings. The Kier molecular flexibility index (Phi) is 5.95. The molecule has 0 bridgehead atoms. The number of fused-ring (bicyclic) bond motifs is 1. The first-order valence-electron chi connectivity index (χ1n) is 8.89.